The van der Waals surface area contributed by atoms with Gasteiger partial charge in [-0.1, -0.05) is 29.8 Å². The number of ether oxygens (including phenoxy) is 1. The molecule has 0 saturated heterocycles. The molecule has 1 amide bonds. The number of rotatable bonds is 7. The van der Waals surface area contributed by atoms with E-state index in [9.17, 15) is 14.4 Å². The highest BCUT2D eigenvalue weighted by Gasteiger charge is 2.20. The first kappa shape index (κ1) is 21.1. The number of hydrogen-bond donors (Lipinski definition) is 1. The smallest absolute Gasteiger partial charge is 0.307 e. The van der Waals surface area contributed by atoms with Crippen LogP contribution in [0.5, 0.6) is 0 Å². The summed E-state index contributed by atoms with van der Waals surface area (Å²) in [5.74, 6) is -1.12. The Balaban J connectivity index is 1.49. The van der Waals surface area contributed by atoms with Crippen LogP contribution in [0.25, 0.3) is 0 Å². The Hall–Kier alpha value is -2.66. The van der Waals surface area contributed by atoms with Crippen LogP contribution in [0.3, 0.4) is 0 Å². The van der Waals surface area contributed by atoms with Gasteiger partial charge >= 0.3 is 5.97 Å². The number of carbonyl (C=O) groups is 3. The zero-order chi connectivity index (χ0) is 21.0. The Morgan fingerprint density at radius 3 is 2.62 bits per heavy atom. The van der Waals surface area contributed by atoms with Gasteiger partial charge in [-0.2, -0.15) is 0 Å². The molecule has 0 unspecified atom stereocenters. The fourth-order valence-corrected chi connectivity index (χ4v) is 3.55. The lowest BCUT2D eigenvalue weighted by Crippen LogP contribution is -2.30. The lowest BCUT2D eigenvalue weighted by molar-refractivity contribution is -0.153. The standard InChI is InChI=1S/C23H24ClNO4/c1-14-6-9-19(24)13-20(14)25-23(28)15(2)29-22(27)11-10-21(26)18-8-7-16-4-3-5-17(16)12-18/h6-9,12-13,15H,3-5,10-11H2,1-2H3,(H,25,28)/t15-/m1/s1. The fourth-order valence-electron chi connectivity index (χ4n) is 3.38. The van der Waals surface area contributed by atoms with E-state index in [0.29, 0.717) is 16.3 Å². The number of hydrogen-bond acceptors (Lipinski definition) is 4. The Labute approximate surface area is 175 Å². The number of nitrogens with one attached hydrogen (secondary N) is 1. The van der Waals surface area contributed by atoms with Crippen molar-refractivity contribution in [2.45, 2.75) is 52.1 Å². The minimum Gasteiger partial charge on any atom is -0.453 e. The highest BCUT2D eigenvalue weighted by atomic mass is 35.5. The molecule has 0 saturated carbocycles. The van der Waals surface area contributed by atoms with Crippen LogP contribution in [-0.2, 0) is 27.2 Å². The number of anilines is 1. The molecule has 2 aromatic carbocycles. The van der Waals surface area contributed by atoms with Gasteiger partial charge in [-0.25, -0.2) is 0 Å². The van der Waals surface area contributed by atoms with Gasteiger partial charge in [0.15, 0.2) is 11.9 Å². The maximum absolute atomic E-state index is 12.4. The zero-order valence-corrected chi connectivity index (χ0v) is 17.3. The van der Waals surface area contributed by atoms with Crippen molar-refractivity contribution >= 4 is 34.9 Å². The summed E-state index contributed by atoms with van der Waals surface area (Å²) in [7, 11) is 0. The van der Waals surface area contributed by atoms with E-state index in [1.54, 1.807) is 18.2 Å². The number of benzene rings is 2. The molecule has 152 valence electrons. The number of halogens is 1. The van der Waals surface area contributed by atoms with E-state index in [4.69, 9.17) is 16.3 Å². The number of esters is 1. The highest BCUT2D eigenvalue weighted by Crippen LogP contribution is 2.24. The van der Waals surface area contributed by atoms with Gasteiger partial charge in [0, 0.05) is 22.7 Å². The van der Waals surface area contributed by atoms with Gasteiger partial charge in [-0.15, -0.1) is 0 Å². The van der Waals surface area contributed by atoms with Gasteiger partial charge in [-0.05, 0) is 68.0 Å². The van der Waals surface area contributed by atoms with Crippen LogP contribution >= 0.6 is 11.6 Å². The van der Waals surface area contributed by atoms with Crippen LogP contribution in [0.15, 0.2) is 36.4 Å². The van der Waals surface area contributed by atoms with Gasteiger partial charge in [-0.3, -0.25) is 14.4 Å². The van der Waals surface area contributed by atoms with Crippen LogP contribution in [0, 0.1) is 6.92 Å². The molecule has 1 aliphatic carbocycles. The number of ketones is 1. The molecular weight excluding hydrogens is 390 g/mol. The first-order valence-corrected chi connectivity index (χ1v) is 10.1. The van der Waals surface area contributed by atoms with E-state index in [1.807, 2.05) is 25.1 Å². The summed E-state index contributed by atoms with van der Waals surface area (Å²) in [6.45, 7) is 3.34. The van der Waals surface area contributed by atoms with Crippen molar-refractivity contribution in [3.8, 4) is 0 Å². The van der Waals surface area contributed by atoms with Crippen LogP contribution in [-0.4, -0.2) is 23.8 Å². The molecule has 1 N–H and O–H groups in total. The summed E-state index contributed by atoms with van der Waals surface area (Å²) in [5, 5.41) is 3.20. The molecule has 0 spiro atoms. The molecule has 0 radical (unpaired) electrons. The first-order valence-electron chi connectivity index (χ1n) is 9.75. The van der Waals surface area contributed by atoms with Gasteiger partial charge in [0.05, 0.1) is 6.42 Å². The Bertz CT molecular complexity index is 954. The minimum atomic E-state index is -0.976. The first-order chi connectivity index (χ1) is 13.8. The number of aryl methyl sites for hydroxylation is 3. The molecule has 3 rings (SSSR count). The van der Waals surface area contributed by atoms with Crippen LogP contribution in [0.1, 0.15) is 53.2 Å². The van der Waals surface area contributed by atoms with Crippen molar-refractivity contribution in [3.63, 3.8) is 0 Å². The second kappa shape index (κ2) is 9.23. The lowest BCUT2D eigenvalue weighted by Gasteiger charge is -2.15. The number of Topliss-reactive ketones (excluding diaryl/α,β-unsaturated/α-hetero) is 1. The van der Waals surface area contributed by atoms with Crippen molar-refractivity contribution in [1.29, 1.82) is 0 Å². The average molecular weight is 414 g/mol. The van der Waals surface area contributed by atoms with E-state index < -0.39 is 18.0 Å². The lowest BCUT2D eigenvalue weighted by atomic mass is 10.0. The number of amides is 1. The minimum absolute atomic E-state index is 0.0549. The fraction of sp³-hybridized carbons (Fsp3) is 0.348. The Kier molecular flexibility index (Phi) is 6.70. The van der Waals surface area contributed by atoms with Crippen LogP contribution < -0.4 is 5.32 Å². The zero-order valence-electron chi connectivity index (χ0n) is 16.6. The van der Waals surface area contributed by atoms with Gasteiger partial charge in [0.2, 0.25) is 0 Å². The third-order valence-electron chi connectivity index (χ3n) is 5.11. The van der Waals surface area contributed by atoms with Crippen molar-refractivity contribution in [2.24, 2.45) is 0 Å². The summed E-state index contributed by atoms with van der Waals surface area (Å²) >= 11 is 5.95. The Morgan fingerprint density at radius 2 is 1.83 bits per heavy atom. The molecular formula is C23H24ClNO4. The summed E-state index contributed by atoms with van der Waals surface area (Å²) < 4.78 is 5.18. The molecule has 0 aliphatic heterocycles. The normalized spacial score (nSPS) is 13.5. The molecule has 0 bridgehead atoms. The average Bonchev–Trinajstić information content (AvgIpc) is 3.16. The van der Waals surface area contributed by atoms with Crippen LogP contribution in [0.2, 0.25) is 5.02 Å². The van der Waals surface area contributed by atoms with E-state index >= 15 is 0 Å². The maximum atomic E-state index is 12.4. The molecule has 5 nitrogen and oxygen atoms in total. The second-order valence-corrected chi connectivity index (χ2v) is 7.78. The van der Waals surface area contributed by atoms with Crippen molar-refractivity contribution < 1.29 is 19.1 Å². The van der Waals surface area contributed by atoms with E-state index in [-0.39, 0.29) is 18.6 Å². The molecule has 0 fully saturated rings. The monoisotopic (exact) mass is 413 g/mol. The topological polar surface area (TPSA) is 72.5 Å². The SMILES string of the molecule is Cc1ccc(Cl)cc1NC(=O)[C@@H](C)OC(=O)CCC(=O)c1ccc2c(c1)CCC2. The van der Waals surface area contributed by atoms with Crippen molar-refractivity contribution in [3.05, 3.63) is 63.7 Å². The second-order valence-electron chi connectivity index (χ2n) is 7.34. The van der Waals surface area contributed by atoms with Gasteiger partial charge in [0.25, 0.3) is 5.91 Å². The molecule has 6 heteroatoms. The van der Waals surface area contributed by atoms with Crippen molar-refractivity contribution in [2.75, 3.05) is 5.32 Å². The third-order valence-corrected chi connectivity index (χ3v) is 5.35. The summed E-state index contributed by atoms with van der Waals surface area (Å²) in [6, 6.07) is 10.9. The van der Waals surface area contributed by atoms with E-state index in [1.165, 1.54) is 18.1 Å². The molecule has 29 heavy (non-hydrogen) atoms. The van der Waals surface area contributed by atoms with E-state index in [2.05, 4.69) is 5.32 Å². The summed E-state index contributed by atoms with van der Waals surface area (Å²) in [5.41, 5.74) is 4.56. The summed E-state index contributed by atoms with van der Waals surface area (Å²) in [6.07, 6.45) is 2.19. The molecule has 0 aromatic heterocycles. The quantitative estimate of drug-likeness (QED) is 0.528. The predicted octanol–water partition coefficient (Wildman–Crippen LogP) is 4.67. The van der Waals surface area contributed by atoms with E-state index in [0.717, 1.165) is 24.8 Å². The van der Waals surface area contributed by atoms with Crippen LogP contribution in [0.4, 0.5) is 5.69 Å². The molecule has 0 heterocycles. The number of carbonyl (C=O) groups excluding carboxylic acids is 3. The van der Waals surface area contributed by atoms with Gasteiger partial charge in [0.1, 0.15) is 0 Å². The molecule has 1 aliphatic rings. The third kappa shape index (κ3) is 5.45. The highest BCUT2D eigenvalue weighted by molar-refractivity contribution is 6.31. The predicted molar refractivity (Wildman–Crippen MR) is 112 cm³/mol. The molecule has 1 atom stereocenters. The Morgan fingerprint density at radius 1 is 1.07 bits per heavy atom. The summed E-state index contributed by atoms with van der Waals surface area (Å²) in [4.78, 5) is 36.7. The number of fused-ring (bicyclic) bond motifs is 1. The van der Waals surface area contributed by atoms with Gasteiger partial charge < -0.3 is 10.1 Å². The maximum Gasteiger partial charge on any atom is 0.307 e. The van der Waals surface area contributed by atoms with Crippen molar-refractivity contribution in [1.82, 2.24) is 0 Å². The largest absolute Gasteiger partial charge is 0.453 e. The molecule has 2 aromatic rings.